The van der Waals surface area contributed by atoms with Gasteiger partial charge >= 0.3 is 5.97 Å². The smallest absolute Gasteiger partial charge is 0.359 e. The standard InChI is InChI=1S/C9H10F2N2O3/c1-2-16-9(15)6-4(12)3-5(14)7(13-6)8(10)11/h3,8,14H,2,12H2,1H3. The van der Waals surface area contributed by atoms with Gasteiger partial charge in [-0.3, -0.25) is 0 Å². The molecule has 5 nitrogen and oxygen atoms in total. The predicted octanol–water partition coefficient (Wildman–Crippen LogP) is 1.48. The van der Waals surface area contributed by atoms with E-state index in [1.807, 2.05) is 0 Å². The molecule has 0 aliphatic heterocycles. The molecule has 88 valence electrons. The van der Waals surface area contributed by atoms with Crippen LogP contribution in [0.1, 0.15) is 29.5 Å². The molecule has 0 unspecified atom stereocenters. The molecule has 1 heterocycles. The molecule has 1 rings (SSSR count). The number of halogens is 2. The first-order valence-corrected chi connectivity index (χ1v) is 4.42. The minimum atomic E-state index is -2.99. The van der Waals surface area contributed by atoms with E-state index in [-0.39, 0.29) is 12.3 Å². The Morgan fingerprint density at radius 1 is 1.69 bits per heavy atom. The number of nitrogens with two attached hydrogens (primary N) is 1. The van der Waals surface area contributed by atoms with Crippen LogP contribution in [0.2, 0.25) is 0 Å². The fourth-order valence-corrected chi connectivity index (χ4v) is 1.06. The summed E-state index contributed by atoms with van der Waals surface area (Å²) in [5, 5.41) is 9.12. The summed E-state index contributed by atoms with van der Waals surface area (Å²) in [6.45, 7) is 1.63. The SMILES string of the molecule is CCOC(=O)c1nc(C(F)F)c(O)cc1N. The number of nitrogen functional groups attached to an aromatic ring is 1. The largest absolute Gasteiger partial charge is 0.506 e. The van der Waals surface area contributed by atoms with Crippen LogP contribution in [0.25, 0.3) is 0 Å². The van der Waals surface area contributed by atoms with Crippen LogP contribution >= 0.6 is 0 Å². The van der Waals surface area contributed by atoms with Crippen molar-refractivity contribution in [1.82, 2.24) is 4.98 Å². The fraction of sp³-hybridized carbons (Fsp3) is 0.333. The molecule has 0 aromatic carbocycles. The fourth-order valence-electron chi connectivity index (χ4n) is 1.06. The third-order valence-corrected chi connectivity index (χ3v) is 1.74. The highest BCUT2D eigenvalue weighted by atomic mass is 19.3. The number of anilines is 1. The highest BCUT2D eigenvalue weighted by Crippen LogP contribution is 2.29. The van der Waals surface area contributed by atoms with E-state index in [9.17, 15) is 13.6 Å². The second-order valence-electron chi connectivity index (χ2n) is 2.85. The summed E-state index contributed by atoms with van der Waals surface area (Å²) in [6, 6.07) is 0.848. The van der Waals surface area contributed by atoms with E-state index in [1.165, 1.54) is 0 Å². The number of carbonyl (C=O) groups excluding carboxylic acids is 1. The zero-order chi connectivity index (χ0) is 12.3. The number of esters is 1. The van der Waals surface area contributed by atoms with Crippen LogP contribution in [-0.4, -0.2) is 22.7 Å². The normalized spacial score (nSPS) is 10.5. The highest BCUT2D eigenvalue weighted by Gasteiger charge is 2.21. The van der Waals surface area contributed by atoms with Crippen LogP contribution in [0.4, 0.5) is 14.5 Å². The zero-order valence-corrected chi connectivity index (χ0v) is 8.41. The summed E-state index contributed by atoms with van der Waals surface area (Å²) in [7, 11) is 0. The average Bonchev–Trinajstić information content (AvgIpc) is 2.17. The van der Waals surface area contributed by atoms with Gasteiger partial charge in [-0.25, -0.2) is 18.6 Å². The summed E-state index contributed by atoms with van der Waals surface area (Å²) >= 11 is 0. The molecular weight excluding hydrogens is 222 g/mol. The molecule has 1 aromatic heterocycles. The number of hydrogen-bond donors (Lipinski definition) is 2. The van der Waals surface area contributed by atoms with Gasteiger partial charge in [-0.15, -0.1) is 0 Å². The Labute approximate surface area is 89.9 Å². The van der Waals surface area contributed by atoms with E-state index in [2.05, 4.69) is 9.72 Å². The van der Waals surface area contributed by atoms with Crippen molar-refractivity contribution in [3.8, 4) is 5.75 Å². The van der Waals surface area contributed by atoms with Gasteiger partial charge in [0.15, 0.2) is 5.69 Å². The summed E-state index contributed by atoms with van der Waals surface area (Å²) in [5.41, 5.74) is 3.83. The molecule has 0 aliphatic rings. The minimum absolute atomic E-state index is 0.0742. The van der Waals surface area contributed by atoms with Crippen LogP contribution in [0.15, 0.2) is 6.07 Å². The van der Waals surface area contributed by atoms with Crippen molar-refractivity contribution in [2.24, 2.45) is 0 Å². The summed E-state index contributed by atoms with van der Waals surface area (Å²) < 4.78 is 29.3. The van der Waals surface area contributed by atoms with Gasteiger partial charge in [0.05, 0.1) is 12.3 Å². The molecule has 0 saturated heterocycles. The molecule has 0 atom stereocenters. The number of ether oxygens (including phenoxy) is 1. The van der Waals surface area contributed by atoms with E-state index in [0.717, 1.165) is 6.07 Å². The molecule has 0 bridgehead atoms. The Bertz CT molecular complexity index is 410. The first-order valence-electron chi connectivity index (χ1n) is 4.42. The molecule has 0 aliphatic carbocycles. The van der Waals surface area contributed by atoms with Crippen molar-refractivity contribution in [3.05, 3.63) is 17.5 Å². The van der Waals surface area contributed by atoms with E-state index < -0.39 is 29.5 Å². The van der Waals surface area contributed by atoms with Crippen molar-refractivity contribution in [2.45, 2.75) is 13.3 Å². The maximum atomic E-state index is 12.4. The van der Waals surface area contributed by atoms with Crippen molar-refractivity contribution in [1.29, 1.82) is 0 Å². The molecule has 0 radical (unpaired) electrons. The average molecular weight is 232 g/mol. The van der Waals surface area contributed by atoms with Crippen LogP contribution < -0.4 is 5.73 Å². The highest BCUT2D eigenvalue weighted by molar-refractivity contribution is 5.93. The lowest BCUT2D eigenvalue weighted by atomic mass is 10.2. The third-order valence-electron chi connectivity index (χ3n) is 1.74. The van der Waals surface area contributed by atoms with Crippen molar-refractivity contribution in [3.63, 3.8) is 0 Å². The Morgan fingerprint density at radius 2 is 2.31 bits per heavy atom. The summed E-state index contributed by atoms with van der Waals surface area (Å²) in [5.74, 6) is -1.65. The Hall–Kier alpha value is -1.92. The first-order chi connectivity index (χ1) is 7.47. The van der Waals surface area contributed by atoms with Crippen LogP contribution in [-0.2, 0) is 4.74 Å². The number of pyridine rings is 1. The van der Waals surface area contributed by atoms with Gasteiger partial charge in [0.1, 0.15) is 11.4 Å². The number of aromatic nitrogens is 1. The van der Waals surface area contributed by atoms with Crippen LogP contribution in [0.3, 0.4) is 0 Å². The Balaban J connectivity index is 3.19. The van der Waals surface area contributed by atoms with Gasteiger partial charge in [-0.1, -0.05) is 0 Å². The van der Waals surface area contributed by atoms with E-state index in [4.69, 9.17) is 10.8 Å². The first kappa shape index (κ1) is 12.2. The van der Waals surface area contributed by atoms with Gasteiger partial charge in [0.2, 0.25) is 0 Å². The zero-order valence-electron chi connectivity index (χ0n) is 8.41. The molecule has 1 aromatic rings. The van der Waals surface area contributed by atoms with Gasteiger partial charge in [-0.2, -0.15) is 0 Å². The van der Waals surface area contributed by atoms with Gasteiger partial charge in [0, 0.05) is 6.07 Å². The number of alkyl halides is 2. The molecule has 0 amide bonds. The lowest BCUT2D eigenvalue weighted by Gasteiger charge is -2.08. The molecule has 0 fully saturated rings. The number of carbonyl (C=O) groups is 1. The van der Waals surface area contributed by atoms with Crippen molar-refractivity contribution in [2.75, 3.05) is 12.3 Å². The lowest BCUT2D eigenvalue weighted by molar-refractivity contribution is 0.0519. The monoisotopic (exact) mass is 232 g/mol. The third kappa shape index (κ3) is 2.36. The predicted molar refractivity (Wildman–Crippen MR) is 51.2 cm³/mol. The van der Waals surface area contributed by atoms with E-state index in [0.29, 0.717) is 0 Å². The number of hydrogen-bond acceptors (Lipinski definition) is 5. The topological polar surface area (TPSA) is 85.4 Å². The summed E-state index contributed by atoms with van der Waals surface area (Å²) in [6.07, 6.45) is -2.99. The molecule has 16 heavy (non-hydrogen) atoms. The van der Waals surface area contributed by atoms with E-state index in [1.54, 1.807) is 6.92 Å². The van der Waals surface area contributed by atoms with Crippen molar-refractivity contribution < 1.29 is 23.4 Å². The number of nitrogens with zero attached hydrogens (tertiary/aromatic N) is 1. The molecular formula is C9H10F2N2O3. The molecule has 0 spiro atoms. The Kier molecular flexibility index (Phi) is 3.60. The maximum absolute atomic E-state index is 12.4. The minimum Gasteiger partial charge on any atom is -0.506 e. The lowest BCUT2D eigenvalue weighted by Crippen LogP contribution is -2.12. The Morgan fingerprint density at radius 3 is 2.81 bits per heavy atom. The second kappa shape index (κ2) is 4.73. The number of aromatic hydroxyl groups is 1. The van der Waals surface area contributed by atoms with Crippen LogP contribution in [0, 0.1) is 0 Å². The molecule has 7 heteroatoms. The molecule has 0 saturated carbocycles. The van der Waals surface area contributed by atoms with Crippen LogP contribution in [0.5, 0.6) is 5.75 Å². The molecule has 3 N–H and O–H groups in total. The quantitative estimate of drug-likeness (QED) is 0.771. The van der Waals surface area contributed by atoms with E-state index >= 15 is 0 Å². The number of rotatable bonds is 3. The van der Waals surface area contributed by atoms with Gasteiger partial charge in [0.25, 0.3) is 6.43 Å². The van der Waals surface area contributed by atoms with Crippen molar-refractivity contribution >= 4 is 11.7 Å². The van der Waals surface area contributed by atoms with Gasteiger partial charge < -0.3 is 15.6 Å². The second-order valence-corrected chi connectivity index (χ2v) is 2.85. The summed E-state index contributed by atoms with van der Waals surface area (Å²) in [4.78, 5) is 14.6. The van der Waals surface area contributed by atoms with Gasteiger partial charge in [-0.05, 0) is 6.92 Å². The maximum Gasteiger partial charge on any atom is 0.359 e.